The first-order chi connectivity index (χ1) is 8.12. The lowest BCUT2D eigenvalue weighted by atomic mass is 10.3. The molecule has 0 aliphatic carbocycles. The second-order valence-electron chi connectivity index (χ2n) is 3.71. The van der Waals surface area contributed by atoms with E-state index in [-0.39, 0.29) is 10.9 Å². The molecule has 1 saturated heterocycles. The Kier molecular flexibility index (Phi) is 3.57. The maximum absolute atomic E-state index is 11.9. The van der Waals surface area contributed by atoms with Crippen LogP contribution in [0.15, 0.2) is 23.2 Å². The minimum Gasteiger partial charge on any atom is -0.380 e. The van der Waals surface area contributed by atoms with Crippen molar-refractivity contribution >= 4 is 15.8 Å². The highest BCUT2D eigenvalue weighted by atomic mass is 32.2. The Morgan fingerprint density at radius 1 is 1.47 bits per heavy atom. The zero-order chi connectivity index (χ0) is 12.3. The monoisotopic (exact) mass is 258 g/mol. The predicted octanol–water partition coefficient (Wildman–Crippen LogP) is -0.566. The lowest BCUT2D eigenvalue weighted by Gasteiger charge is -2.11. The van der Waals surface area contributed by atoms with Crippen LogP contribution in [-0.4, -0.2) is 32.7 Å². The molecule has 8 heteroatoms. The van der Waals surface area contributed by atoms with E-state index in [1.165, 1.54) is 18.3 Å². The molecule has 7 nitrogen and oxygen atoms in total. The van der Waals surface area contributed by atoms with Crippen molar-refractivity contribution in [2.24, 2.45) is 5.84 Å². The molecule has 1 aliphatic rings. The van der Waals surface area contributed by atoms with Gasteiger partial charge >= 0.3 is 0 Å². The van der Waals surface area contributed by atoms with Crippen LogP contribution in [0.3, 0.4) is 0 Å². The molecule has 17 heavy (non-hydrogen) atoms. The summed E-state index contributed by atoms with van der Waals surface area (Å²) >= 11 is 0. The first-order valence-corrected chi connectivity index (χ1v) is 6.63. The van der Waals surface area contributed by atoms with Gasteiger partial charge in [-0.2, -0.15) is 0 Å². The molecule has 1 aromatic rings. The highest BCUT2D eigenvalue weighted by Crippen LogP contribution is 2.12. The highest BCUT2D eigenvalue weighted by Gasteiger charge is 2.23. The van der Waals surface area contributed by atoms with Crippen molar-refractivity contribution in [3.63, 3.8) is 0 Å². The van der Waals surface area contributed by atoms with Crippen LogP contribution < -0.4 is 16.0 Å². The van der Waals surface area contributed by atoms with E-state index in [1.54, 1.807) is 0 Å². The molecule has 0 saturated carbocycles. The van der Waals surface area contributed by atoms with Gasteiger partial charge in [0.25, 0.3) is 0 Å². The Balaban J connectivity index is 2.12. The zero-order valence-corrected chi connectivity index (χ0v) is 9.90. The van der Waals surface area contributed by atoms with Crippen LogP contribution in [0.5, 0.6) is 0 Å². The molecule has 1 unspecified atom stereocenters. The average Bonchev–Trinajstić information content (AvgIpc) is 2.81. The average molecular weight is 258 g/mol. The number of hydrazine groups is 1. The Bertz CT molecular complexity index is 468. The van der Waals surface area contributed by atoms with Gasteiger partial charge in [-0.15, -0.1) is 0 Å². The fraction of sp³-hybridized carbons (Fsp3) is 0.444. The summed E-state index contributed by atoms with van der Waals surface area (Å²) in [4.78, 5) is 3.97. The summed E-state index contributed by atoms with van der Waals surface area (Å²) in [5, 5.41) is 0. The summed E-state index contributed by atoms with van der Waals surface area (Å²) in [7, 11) is -3.53. The van der Waals surface area contributed by atoms with Gasteiger partial charge in [-0.05, 0) is 18.6 Å². The summed E-state index contributed by atoms with van der Waals surface area (Å²) in [6, 6.07) is 2.78. The fourth-order valence-corrected chi connectivity index (χ4v) is 2.74. The molecule has 94 valence electrons. The van der Waals surface area contributed by atoms with Crippen molar-refractivity contribution in [1.29, 1.82) is 0 Å². The van der Waals surface area contributed by atoms with Gasteiger partial charge in [0, 0.05) is 18.8 Å². The number of hydrogen-bond acceptors (Lipinski definition) is 6. The molecule has 2 heterocycles. The van der Waals surface area contributed by atoms with Crippen molar-refractivity contribution < 1.29 is 13.2 Å². The van der Waals surface area contributed by atoms with Gasteiger partial charge in [0.15, 0.2) is 0 Å². The summed E-state index contributed by atoms with van der Waals surface area (Å²) in [5.41, 5.74) is 2.33. The molecule has 1 atom stereocenters. The summed E-state index contributed by atoms with van der Waals surface area (Å²) in [5.74, 6) is 5.56. The topological polar surface area (TPSA) is 106 Å². The van der Waals surface area contributed by atoms with E-state index in [9.17, 15) is 8.42 Å². The van der Waals surface area contributed by atoms with Crippen molar-refractivity contribution in [2.45, 2.75) is 17.4 Å². The highest BCUT2D eigenvalue weighted by molar-refractivity contribution is 7.89. The third-order valence-electron chi connectivity index (χ3n) is 2.45. The Labute approximate surface area is 99.4 Å². The van der Waals surface area contributed by atoms with E-state index in [4.69, 9.17) is 10.6 Å². The fourth-order valence-electron chi connectivity index (χ4n) is 1.54. The molecular formula is C9H14N4O3S. The van der Waals surface area contributed by atoms with Crippen LogP contribution in [0.1, 0.15) is 6.42 Å². The molecule has 4 N–H and O–H groups in total. The molecule has 0 aromatic carbocycles. The van der Waals surface area contributed by atoms with E-state index < -0.39 is 10.0 Å². The molecule has 0 radical (unpaired) electrons. The number of pyridine rings is 1. The number of anilines is 1. The summed E-state index contributed by atoms with van der Waals surface area (Å²) in [6.45, 7) is 0.997. The van der Waals surface area contributed by atoms with Crippen LogP contribution in [0.4, 0.5) is 5.82 Å². The molecule has 1 fully saturated rings. The number of nitrogens with two attached hydrogens (primary N) is 1. The van der Waals surface area contributed by atoms with E-state index in [1.807, 2.05) is 0 Å². The van der Waals surface area contributed by atoms with E-state index >= 15 is 0 Å². The Morgan fingerprint density at radius 3 is 2.82 bits per heavy atom. The lowest BCUT2D eigenvalue weighted by molar-refractivity contribution is 0.192. The van der Waals surface area contributed by atoms with Gasteiger partial charge in [-0.1, -0.05) is 0 Å². The van der Waals surface area contributed by atoms with Crippen molar-refractivity contribution in [1.82, 2.24) is 9.71 Å². The number of nitrogen functional groups attached to an aromatic ring is 1. The normalized spacial score (nSPS) is 20.4. The second kappa shape index (κ2) is 4.96. The Hall–Kier alpha value is -1.22. The number of ether oxygens (including phenoxy) is 1. The SMILES string of the molecule is NNc1ccc(S(=O)(=O)NC2CCOC2)cn1. The standard InChI is InChI=1S/C9H14N4O3S/c10-12-9-2-1-8(5-11-9)17(14,15)13-7-3-4-16-6-7/h1-2,5,7,13H,3-4,6,10H2,(H,11,12). The van der Waals surface area contributed by atoms with Crippen LogP contribution in [-0.2, 0) is 14.8 Å². The predicted molar refractivity (Wildman–Crippen MR) is 61.6 cm³/mol. The van der Waals surface area contributed by atoms with E-state index in [0.29, 0.717) is 25.5 Å². The first kappa shape index (κ1) is 12.2. The number of rotatable bonds is 4. The van der Waals surface area contributed by atoms with E-state index in [0.717, 1.165) is 0 Å². The maximum atomic E-state index is 11.9. The van der Waals surface area contributed by atoms with Gasteiger partial charge < -0.3 is 10.2 Å². The number of sulfonamides is 1. The first-order valence-electron chi connectivity index (χ1n) is 5.14. The van der Waals surface area contributed by atoms with Crippen LogP contribution in [0.2, 0.25) is 0 Å². The third kappa shape index (κ3) is 2.91. The van der Waals surface area contributed by atoms with Gasteiger partial charge in [0.2, 0.25) is 10.0 Å². The summed E-state index contributed by atoms with van der Waals surface area (Å²) in [6.07, 6.45) is 1.95. The zero-order valence-electron chi connectivity index (χ0n) is 9.09. The van der Waals surface area contributed by atoms with Crippen molar-refractivity contribution in [3.8, 4) is 0 Å². The van der Waals surface area contributed by atoms with Crippen molar-refractivity contribution in [3.05, 3.63) is 18.3 Å². The molecule has 0 amide bonds. The molecule has 0 bridgehead atoms. The Morgan fingerprint density at radius 2 is 2.29 bits per heavy atom. The van der Waals surface area contributed by atoms with Crippen LogP contribution in [0, 0.1) is 0 Å². The molecular weight excluding hydrogens is 244 g/mol. The number of hydrogen-bond donors (Lipinski definition) is 3. The number of nitrogens with one attached hydrogen (secondary N) is 2. The quantitative estimate of drug-likeness (QED) is 0.493. The van der Waals surface area contributed by atoms with Gasteiger partial charge in [-0.25, -0.2) is 24.0 Å². The smallest absolute Gasteiger partial charge is 0.242 e. The molecule has 0 spiro atoms. The lowest BCUT2D eigenvalue weighted by Crippen LogP contribution is -2.35. The largest absolute Gasteiger partial charge is 0.380 e. The molecule has 1 aliphatic heterocycles. The second-order valence-corrected chi connectivity index (χ2v) is 5.42. The van der Waals surface area contributed by atoms with E-state index in [2.05, 4.69) is 15.1 Å². The van der Waals surface area contributed by atoms with Crippen LogP contribution in [0.25, 0.3) is 0 Å². The third-order valence-corrected chi connectivity index (χ3v) is 3.95. The van der Waals surface area contributed by atoms with Gasteiger partial charge in [-0.3, -0.25) is 0 Å². The van der Waals surface area contributed by atoms with Crippen molar-refractivity contribution in [2.75, 3.05) is 18.6 Å². The molecule has 1 aromatic heterocycles. The summed E-state index contributed by atoms with van der Waals surface area (Å²) < 4.78 is 31.5. The minimum atomic E-state index is -3.53. The minimum absolute atomic E-state index is 0.114. The number of nitrogens with zero attached hydrogens (tertiary/aromatic N) is 1. The molecule has 2 rings (SSSR count). The maximum Gasteiger partial charge on any atom is 0.242 e. The van der Waals surface area contributed by atoms with Crippen LogP contribution >= 0.6 is 0 Å². The van der Waals surface area contributed by atoms with Gasteiger partial charge in [0.05, 0.1) is 6.61 Å². The number of aromatic nitrogens is 1. The van der Waals surface area contributed by atoms with Gasteiger partial charge in [0.1, 0.15) is 10.7 Å².